The van der Waals surface area contributed by atoms with Crippen LogP contribution in [0.15, 0.2) is 60.8 Å². The molecule has 0 spiro atoms. The Labute approximate surface area is 118 Å². The maximum Gasteiger partial charge on any atom is 0.0585 e. The van der Waals surface area contributed by atoms with Crippen LogP contribution in [0, 0.1) is 6.92 Å². The lowest BCUT2D eigenvalue weighted by atomic mass is 10.0. The predicted molar refractivity (Wildman–Crippen MR) is 81.5 cm³/mol. The molecule has 1 nitrogen and oxygen atoms in total. The Balaban J connectivity index is 2.15. The van der Waals surface area contributed by atoms with Crippen molar-refractivity contribution in [3.8, 4) is 0 Å². The fourth-order valence-corrected chi connectivity index (χ4v) is 2.80. The lowest BCUT2D eigenvalue weighted by Gasteiger charge is -2.19. The molecule has 0 fully saturated rings. The van der Waals surface area contributed by atoms with Gasteiger partial charge in [0.05, 0.1) is 11.6 Å². The van der Waals surface area contributed by atoms with Crippen LogP contribution in [0.25, 0.3) is 10.9 Å². The van der Waals surface area contributed by atoms with Gasteiger partial charge in [0.15, 0.2) is 0 Å². The Bertz CT molecular complexity index is 685. The minimum atomic E-state index is 0.247. The summed E-state index contributed by atoms with van der Waals surface area (Å²) in [7, 11) is 0. The maximum absolute atomic E-state index is 6.24. The Morgan fingerprint density at radius 1 is 1.00 bits per heavy atom. The Morgan fingerprint density at radius 3 is 2.53 bits per heavy atom. The molecule has 0 N–H and O–H groups in total. The van der Waals surface area contributed by atoms with Gasteiger partial charge in [-0.3, -0.25) is 0 Å². The number of fused-ring (bicyclic) bond motifs is 1. The van der Waals surface area contributed by atoms with E-state index in [-0.39, 0.29) is 6.04 Å². The van der Waals surface area contributed by atoms with E-state index >= 15 is 0 Å². The Morgan fingerprint density at radius 2 is 1.79 bits per heavy atom. The molecule has 2 heteroatoms. The maximum atomic E-state index is 6.24. The van der Waals surface area contributed by atoms with Crippen molar-refractivity contribution in [2.75, 3.05) is 0 Å². The molecule has 1 unspecified atom stereocenters. The van der Waals surface area contributed by atoms with Gasteiger partial charge in [0.25, 0.3) is 0 Å². The highest BCUT2D eigenvalue weighted by molar-refractivity contribution is 6.35. The smallest absolute Gasteiger partial charge is 0.0585 e. The van der Waals surface area contributed by atoms with E-state index in [1.807, 2.05) is 18.2 Å². The Kier molecular flexibility index (Phi) is 3.31. The van der Waals surface area contributed by atoms with Crippen LogP contribution in [-0.2, 0) is 0 Å². The van der Waals surface area contributed by atoms with Gasteiger partial charge in [-0.2, -0.15) is 0 Å². The molecule has 3 rings (SSSR count). The zero-order valence-corrected chi connectivity index (χ0v) is 11.3. The van der Waals surface area contributed by atoms with Crippen molar-refractivity contribution in [2.45, 2.75) is 12.5 Å². The zero-order valence-electron chi connectivity index (χ0n) is 10.6. The molecular formula is C17H15ClN. The van der Waals surface area contributed by atoms with E-state index in [1.165, 1.54) is 5.56 Å². The van der Waals surface area contributed by atoms with Crippen LogP contribution in [0.3, 0.4) is 0 Å². The molecule has 0 aliphatic rings. The van der Waals surface area contributed by atoms with Crippen molar-refractivity contribution in [1.29, 1.82) is 0 Å². The summed E-state index contributed by atoms with van der Waals surface area (Å²) < 4.78 is 2.25. The number of rotatable bonds is 3. The minimum absolute atomic E-state index is 0.247. The molecule has 1 atom stereocenters. The van der Waals surface area contributed by atoms with E-state index in [9.17, 15) is 0 Å². The molecule has 95 valence electrons. The summed E-state index contributed by atoms with van der Waals surface area (Å²) in [5.74, 6) is 0. The lowest BCUT2D eigenvalue weighted by Crippen LogP contribution is -2.08. The molecule has 1 heterocycles. The van der Waals surface area contributed by atoms with Crippen LogP contribution >= 0.6 is 11.6 Å². The van der Waals surface area contributed by atoms with E-state index < -0.39 is 0 Å². The standard InChI is InChI=1S/C17H15ClN/c1-2-16(13-7-4-3-5-8-13)19-12-11-14-15(18)9-6-10-17(14)19/h3-12,16H,1-2H2. The van der Waals surface area contributed by atoms with Gasteiger partial charge in [-0.15, -0.1) is 0 Å². The summed E-state index contributed by atoms with van der Waals surface area (Å²) in [5, 5.41) is 1.89. The van der Waals surface area contributed by atoms with Crippen LogP contribution in [-0.4, -0.2) is 4.57 Å². The first-order valence-electron chi connectivity index (χ1n) is 6.40. The second-order valence-electron chi connectivity index (χ2n) is 4.61. The summed E-state index contributed by atoms with van der Waals surface area (Å²) in [4.78, 5) is 0. The molecule has 2 aromatic carbocycles. The fourth-order valence-electron chi connectivity index (χ4n) is 2.56. The summed E-state index contributed by atoms with van der Waals surface area (Å²) in [6, 6.07) is 18.8. The zero-order chi connectivity index (χ0) is 13.2. The van der Waals surface area contributed by atoms with Gasteiger partial charge in [0, 0.05) is 16.6 Å². The van der Waals surface area contributed by atoms with Crippen molar-refractivity contribution >= 4 is 22.5 Å². The number of hydrogen-bond donors (Lipinski definition) is 0. The molecule has 1 aromatic heterocycles. The van der Waals surface area contributed by atoms with Crippen molar-refractivity contribution in [3.05, 3.63) is 78.3 Å². The normalized spacial score (nSPS) is 12.7. The van der Waals surface area contributed by atoms with Crippen LogP contribution in [0.2, 0.25) is 5.02 Å². The molecular weight excluding hydrogens is 254 g/mol. The molecule has 19 heavy (non-hydrogen) atoms. The number of hydrogen-bond acceptors (Lipinski definition) is 0. The summed E-state index contributed by atoms with van der Waals surface area (Å²) in [6.07, 6.45) is 2.90. The molecule has 0 saturated heterocycles. The summed E-state index contributed by atoms with van der Waals surface area (Å²) in [6.45, 7) is 4.09. The first-order chi connectivity index (χ1) is 9.31. The molecule has 0 bridgehead atoms. The molecule has 0 saturated carbocycles. The molecule has 3 aromatic rings. The third-order valence-electron chi connectivity index (χ3n) is 3.50. The molecule has 0 aliphatic heterocycles. The Hall–Kier alpha value is -1.73. The molecule has 0 amide bonds. The van der Waals surface area contributed by atoms with E-state index in [1.54, 1.807) is 0 Å². The van der Waals surface area contributed by atoms with Gasteiger partial charge < -0.3 is 4.57 Å². The van der Waals surface area contributed by atoms with E-state index in [0.717, 1.165) is 22.3 Å². The van der Waals surface area contributed by atoms with E-state index in [2.05, 4.69) is 54.1 Å². The first kappa shape index (κ1) is 12.3. The van der Waals surface area contributed by atoms with Crippen molar-refractivity contribution < 1.29 is 0 Å². The second-order valence-corrected chi connectivity index (χ2v) is 5.02. The third kappa shape index (κ3) is 2.15. The minimum Gasteiger partial charge on any atom is -0.340 e. The van der Waals surface area contributed by atoms with Crippen LogP contribution in [0.5, 0.6) is 0 Å². The van der Waals surface area contributed by atoms with Crippen molar-refractivity contribution in [2.24, 2.45) is 0 Å². The average Bonchev–Trinajstić information content (AvgIpc) is 2.87. The van der Waals surface area contributed by atoms with E-state index in [0.29, 0.717) is 0 Å². The van der Waals surface area contributed by atoms with Crippen LogP contribution < -0.4 is 0 Å². The second kappa shape index (κ2) is 5.10. The number of halogens is 1. The van der Waals surface area contributed by atoms with Crippen molar-refractivity contribution in [1.82, 2.24) is 4.57 Å². The predicted octanol–water partition coefficient (Wildman–Crippen LogP) is 5.11. The van der Waals surface area contributed by atoms with Crippen LogP contribution in [0.4, 0.5) is 0 Å². The number of benzene rings is 2. The fraction of sp³-hybridized carbons (Fsp3) is 0.118. The van der Waals surface area contributed by atoms with Gasteiger partial charge in [0.2, 0.25) is 0 Å². The highest BCUT2D eigenvalue weighted by Gasteiger charge is 2.14. The highest BCUT2D eigenvalue weighted by Crippen LogP contribution is 2.30. The number of nitrogens with zero attached hydrogens (tertiary/aromatic N) is 1. The van der Waals surface area contributed by atoms with Gasteiger partial charge >= 0.3 is 0 Å². The van der Waals surface area contributed by atoms with Gasteiger partial charge in [-0.1, -0.05) is 54.9 Å². The van der Waals surface area contributed by atoms with Crippen molar-refractivity contribution in [3.63, 3.8) is 0 Å². The van der Waals surface area contributed by atoms with Gasteiger partial charge in [-0.05, 0) is 30.2 Å². The largest absolute Gasteiger partial charge is 0.340 e. The third-order valence-corrected chi connectivity index (χ3v) is 3.83. The monoisotopic (exact) mass is 268 g/mol. The quantitative estimate of drug-likeness (QED) is 0.622. The topological polar surface area (TPSA) is 4.93 Å². The number of aromatic nitrogens is 1. The van der Waals surface area contributed by atoms with Gasteiger partial charge in [-0.25, -0.2) is 0 Å². The van der Waals surface area contributed by atoms with E-state index in [4.69, 9.17) is 11.6 Å². The van der Waals surface area contributed by atoms with Crippen LogP contribution in [0.1, 0.15) is 18.0 Å². The first-order valence-corrected chi connectivity index (χ1v) is 6.78. The highest BCUT2D eigenvalue weighted by atomic mass is 35.5. The molecule has 0 aliphatic carbocycles. The summed E-state index contributed by atoms with van der Waals surface area (Å²) in [5.41, 5.74) is 2.43. The molecule has 1 radical (unpaired) electrons. The van der Waals surface area contributed by atoms with Gasteiger partial charge in [0.1, 0.15) is 0 Å². The SMILES string of the molecule is [CH2]CC(c1ccccc1)n1ccc2c(Cl)cccc21. The average molecular weight is 269 g/mol. The lowest BCUT2D eigenvalue weighted by molar-refractivity contribution is 0.611. The summed E-state index contributed by atoms with van der Waals surface area (Å²) >= 11 is 6.24.